The molecule has 0 amide bonds. The van der Waals surface area contributed by atoms with Gasteiger partial charge < -0.3 is 15.0 Å². The van der Waals surface area contributed by atoms with Gasteiger partial charge in [-0.15, -0.1) is 0 Å². The second-order valence-corrected chi connectivity index (χ2v) is 11.3. The van der Waals surface area contributed by atoms with Crippen LogP contribution >= 0.6 is 11.6 Å². The third-order valence-electron chi connectivity index (χ3n) is 7.94. The Balaban J connectivity index is 1.57. The second-order valence-electron chi connectivity index (χ2n) is 10.9. The number of likely N-dealkylation sites (tertiary alicyclic amines) is 1. The van der Waals surface area contributed by atoms with E-state index in [1.165, 1.54) is 18.2 Å². The van der Waals surface area contributed by atoms with Crippen LogP contribution in [0.15, 0.2) is 41.2 Å². The van der Waals surface area contributed by atoms with Crippen LogP contribution in [0, 0.1) is 11.3 Å². The molecule has 1 N–H and O–H groups in total. The number of hydrogen-bond acceptors (Lipinski definition) is 9. The molecule has 10 nitrogen and oxygen atoms in total. The number of piperazine rings is 1. The minimum atomic E-state index is -5.05. The summed E-state index contributed by atoms with van der Waals surface area (Å²) in [6.07, 6.45) is -5.69. The van der Waals surface area contributed by atoms with Gasteiger partial charge in [0, 0.05) is 43.6 Å². The molecule has 0 spiro atoms. The van der Waals surface area contributed by atoms with Gasteiger partial charge >= 0.3 is 12.2 Å². The lowest BCUT2D eigenvalue weighted by molar-refractivity contribution is -0.146. The van der Waals surface area contributed by atoms with Gasteiger partial charge in [-0.3, -0.25) is 14.3 Å². The first-order valence-electron chi connectivity index (χ1n) is 14.0. The molecule has 2 saturated heterocycles. The maximum absolute atomic E-state index is 14.7. The van der Waals surface area contributed by atoms with E-state index < -0.39 is 23.7 Å². The molecule has 0 bridgehead atoms. The molecule has 0 aliphatic carbocycles. The highest BCUT2D eigenvalue weighted by Gasteiger charge is 2.40. The number of nitrogens with one attached hydrogen (secondary N) is 1. The fraction of sp³-hybridized carbons (Fsp3) is 0.414. The van der Waals surface area contributed by atoms with Crippen molar-refractivity contribution in [3.05, 3.63) is 57.6 Å². The van der Waals surface area contributed by atoms with Gasteiger partial charge in [-0.2, -0.15) is 28.4 Å². The molecular weight excluding hydrogens is 604 g/mol. The van der Waals surface area contributed by atoms with Gasteiger partial charge in [0.25, 0.3) is 5.56 Å². The maximum Gasteiger partial charge on any atom is 0.450 e. The highest BCUT2D eigenvalue weighted by atomic mass is 35.5. The minimum Gasteiger partial charge on any atom is -0.462 e. The molecule has 2 fully saturated rings. The van der Waals surface area contributed by atoms with E-state index in [2.05, 4.69) is 26.3 Å². The smallest absolute Gasteiger partial charge is 0.450 e. The van der Waals surface area contributed by atoms with Crippen molar-refractivity contribution in [3.8, 4) is 17.8 Å². The molecule has 6 rings (SSSR count). The summed E-state index contributed by atoms with van der Waals surface area (Å²) < 4.78 is 64.4. The highest BCUT2D eigenvalue weighted by Crippen LogP contribution is 2.35. The molecule has 0 radical (unpaired) electrons. The van der Waals surface area contributed by atoms with Gasteiger partial charge in [0.2, 0.25) is 5.82 Å². The van der Waals surface area contributed by atoms with Crippen molar-refractivity contribution in [2.75, 3.05) is 44.7 Å². The molecule has 1 unspecified atom stereocenters. The van der Waals surface area contributed by atoms with E-state index in [1.54, 1.807) is 35.0 Å². The summed E-state index contributed by atoms with van der Waals surface area (Å²) in [5, 5.41) is 13.3. The summed E-state index contributed by atoms with van der Waals surface area (Å²) in [7, 11) is 1.76. The lowest BCUT2D eigenvalue weighted by Crippen LogP contribution is -2.51. The van der Waals surface area contributed by atoms with Crippen molar-refractivity contribution >= 4 is 39.2 Å². The number of hydrogen-bond donors (Lipinski definition) is 1. The molecule has 4 heterocycles. The standard InChI is InChI=1S/C29H27ClF4N8O2/c1-40-13-17(31)12-19(40)15-44-28-38-24-23(25(39-28)41-11-10-36-18(14-41)8-9-35)37-27(29(32,33)34)42(26(24)43)21-7-3-5-16-4-2-6-20(30)22(16)21/h2-7,17-19,36H,8,10-15H2,1H3/t17-,18+,19?/m1/s1. The normalized spacial score (nSPS) is 21.2. The van der Waals surface area contributed by atoms with Crippen LogP contribution in [0.25, 0.3) is 27.5 Å². The number of alkyl halides is 4. The van der Waals surface area contributed by atoms with Gasteiger partial charge in [0.15, 0.2) is 11.3 Å². The van der Waals surface area contributed by atoms with Gasteiger partial charge in [-0.05, 0) is 31.0 Å². The molecular formula is C29H27ClF4N8O2. The summed E-state index contributed by atoms with van der Waals surface area (Å²) >= 11 is 6.44. The summed E-state index contributed by atoms with van der Waals surface area (Å²) in [6, 6.07) is 10.7. The number of ether oxygens (including phenoxy) is 1. The molecule has 4 aromatic rings. The first-order chi connectivity index (χ1) is 21.0. The van der Waals surface area contributed by atoms with E-state index in [-0.39, 0.29) is 83.6 Å². The molecule has 0 saturated carbocycles. The van der Waals surface area contributed by atoms with Crippen molar-refractivity contribution in [1.82, 2.24) is 29.7 Å². The van der Waals surface area contributed by atoms with E-state index in [0.717, 1.165) is 0 Å². The summed E-state index contributed by atoms with van der Waals surface area (Å²) in [5.41, 5.74) is -1.94. The molecule has 3 atom stereocenters. The van der Waals surface area contributed by atoms with E-state index >= 15 is 0 Å². The number of fused-ring (bicyclic) bond motifs is 2. The molecule has 44 heavy (non-hydrogen) atoms. The van der Waals surface area contributed by atoms with Crippen molar-refractivity contribution in [1.29, 1.82) is 5.26 Å². The first kappa shape index (κ1) is 30.0. The van der Waals surface area contributed by atoms with E-state index in [4.69, 9.17) is 16.3 Å². The van der Waals surface area contributed by atoms with Crippen LogP contribution in [0.3, 0.4) is 0 Å². The van der Waals surface area contributed by atoms with Crippen LogP contribution < -0.4 is 20.5 Å². The monoisotopic (exact) mass is 630 g/mol. The Hall–Kier alpha value is -4.06. The Morgan fingerprint density at radius 2 is 1.91 bits per heavy atom. The lowest BCUT2D eigenvalue weighted by atomic mass is 10.1. The summed E-state index contributed by atoms with van der Waals surface area (Å²) in [4.78, 5) is 30.3. The van der Waals surface area contributed by atoms with E-state index in [1.807, 2.05) is 0 Å². The van der Waals surface area contributed by atoms with Crippen molar-refractivity contribution in [3.63, 3.8) is 0 Å². The SMILES string of the molecule is CN1C[C@H](F)CC1COc1nc(N2CCN[C@@H](CC#N)C2)c2nc(C(F)(F)F)n(-c3cccc4cccc(Cl)c34)c(=O)c2n1. The predicted molar refractivity (Wildman–Crippen MR) is 156 cm³/mol. The molecule has 2 aliphatic rings. The van der Waals surface area contributed by atoms with Crippen LogP contribution in [0.4, 0.5) is 23.4 Å². The van der Waals surface area contributed by atoms with Gasteiger partial charge in [0.05, 0.1) is 23.2 Å². The Labute approximate surface area is 253 Å². The summed E-state index contributed by atoms with van der Waals surface area (Å²) in [5.74, 6) is -1.49. The van der Waals surface area contributed by atoms with Crippen molar-refractivity contribution in [2.24, 2.45) is 0 Å². The number of nitrogens with zero attached hydrogens (tertiary/aromatic N) is 7. The average molecular weight is 631 g/mol. The van der Waals surface area contributed by atoms with E-state index in [0.29, 0.717) is 23.0 Å². The maximum atomic E-state index is 14.7. The Bertz CT molecular complexity index is 1820. The van der Waals surface area contributed by atoms with Gasteiger partial charge in [0.1, 0.15) is 18.3 Å². The Morgan fingerprint density at radius 3 is 2.61 bits per heavy atom. The van der Waals surface area contributed by atoms with Gasteiger partial charge in [-0.1, -0.05) is 35.9 Å². The number of aromatic nitrogens is 4. The molecule has 15 heteroatoms. The second kappa shape index (κ2) is 11.8. The minimum absolute atomic E-state index is 0.00165. The number of halogens is 5. The zero-order valence-corrected chi connectivity index (χ0v) is 24.2. The number of likely N-dealkylation sites (N-methyl/N-ethyl adjacent to an activating group) is 1. The lowest BCUT2D eigenvalue weighted by Gasteiger charge is -2.34. The van der Waals surface area contributed by atoms with Crippen molar-refractivity contribution in [2.45, 2.75) is 37.3 Å². The number of rotatable bonds is 6. The zero-order chi connectivity index (χ0) is 31.2. The Kier molecular flexibility index (Phi) is 8.04. The fourth-order valence-electron chi connectivity index (χ4n) is 5.84. The van der Waals surface area contributed by atoms with Crippen molar-refractivity contribution < 1.29 is 22.3 Å². The third kappa shape index (κ3) is 5.62. The highest BCUT2D eigenvalue weighted by molar-refractivity contribution is 6.36. The molecule has 2 aromatic carbocycles. The molecule has 2 aromatic heterocycles. The third-order valence-corrected chi connectivity index (χ3v) is 8.26. The Morgan fingerprint density at radius 1 is 1.14 bits per heavy atom. The number of nitriles is 1. The topological polar surface area (TPSA) is 112 Å². The zero-order valence-electron chi connectivity index (χ0n) is 23.5. The van der Waals surface area contributed by atoms with Crippen LogP contribution in [0.2, 0.25) is 5.02 Å². The van der Waals surface area contributed by atoms with E-state index in [9.17, 15) is 27.6 Å². The van der Waals surface area contributed by atoms with Gasteiger partial charge in [-0.25, -0.2) is 9.37 Å². The summed E-state index contributed by atoms with van der Waals surface area (Å²) in [6.45, 7) is 1.19. The largest absolute Gasteiger partial charge is 0.462 e. The average Bonchev–Trinajstić information content (AvgIpc) is 3.31. The number of benzene rings is 2. The quantitative estimate of drug-likeness (QED) is 0.315. The predicted octanol–water partition coefficient (Wildman–Crippen LogP) is 4.11. The molecule has 2 aliphatic heterocycles. The van der Waals surface area contributed by atoms with Crippen LogP contribution in [0.1, 0.15) is 18.7 Å². The van der Waals surface area contributed by atoms with Crippen LogP contribution in [0.5, 0.6) is 6.01 Å². The first-order valence-corrected chi connectivity index (χ1v) is 14.3. The molecule has 230 valence electrons. The van der Waals surface area contributed by atoms with Crippen LogP contribution in [-0.4, -0.2) is 82.5 Å². The number of anilines is 1. The van der Waals surface area contributed by atoms with Crippen LogP contribution in [-0.2, 0) is 6.18 Å². The fourth-order valence-corrected chi connectivity index (χ4v) is 6.12.